The van der Waals surface area contributed by atoms with Crippen molar-refractivity contribution in [3.05, 3.63) is 40.7 Å². The molecule has 0 bridgehead atoms. The Balaban J connectivity index is 1.93. The summed E-state index contributed by atoms with van der Waals surface area (Å²) in [6.07, 6.45) is 3.20. The zero-order valence-electron chi connectivity index (χ0n) is 11.8. The minimum absolute atomic E-state index is 0.0852. The molecule has 0 unspecified atom stereocenters. The van der Waals surface area contributed by atoms with Gasteiger partial charge in [0.2, 0.25) is 0 Å². The number of benzene rings is 1. The van der Waals surface area contributed by atoms with Gasteiger partial charge in [0.05, 0.1) is 16.0 Å². The lowest BCUT2D eigenvalue weighted by Crippen LogP contribution is -2.46. The number of pyridine rings is 1. The molecular weight excluding hydrogens is 270 g/mol. The molecule has 1 aliphatic heterocycles. The van der Waals surface area contributed by atoms with E-state index in [2.05, 4.69) is 27.4 Å². The lowest BCUT2D eigenvalue weighted by molar-refractivity contribution is -0.383. The molecule has 0 spiro atoms. The fraction of sp³-hybridized carbons (Fsp3) is 0.357. The Morgan fingerprint density at radius 2 is 1.95 bits per heavy atom. The molecule has 0 atom stereocenters. The number of nitro benzene ring substituents is 1. The fourth-order valence-corrected chi connectivity index (χ4v) is 2.52. The monoisotopic (exact) mass is 287 g/mol. The average Bonchev–Trinajstić information content (AvgIpc) is 2.49. The van der Waals surface area contributed by atoms with Gasteiger partial charge in [-0.1, -0.05) is 0 Å². The molecule has 0 saturated carbocycles. The number of non-ortho nitro benzene ring substituents is 1. The molecule has 1 saturated heterocycles. The highest BCUT2D eigenvalue weighted by Crippen LogP contribution is 2.30. The van der Waals surface area contributed by atoms with Gasteiger partial charge in [0, 0.05) is 50.0 Å². The van der Waals surface area contributed by atoms with Gasteiger partial charge in [0.25, 0.3) is 5.69 Å². The fourth-order valence-electron chi connectivity index (χ4n) is 2.52. The summed E-state index contributed by atoms with van der Waals surface area (Å²) in [4.78, 5) is 17.0. The molecule has 7 nitrogen and oxygen atoms in total. The Bertz CT molecular complexity index is 667. The summed E-state index contributed by atoms with van der Waals surface area (Å²) in [6.45, 7) is 3.83. The van der Waals surface area contributed by atoms with Gasteiger partial charge in [-0.25, -0.2) is 5.01 Å². The molecule has 1 aromatic carbocycles. The smallest absolute Gasteiger partial charge is 0.278 e. The van der Waals surface area contributed by atoms with Gasteiger partial charge in [-0.05, 0) is 19.2 Å². The van der Waals surface area contributed by atoms with Crippen LogP contribution < -0.4 is 5.43 Å². The van der Waals surface area contributed by atoms with Crippen molar-refractivity contribution in [2.24, 2.45) is 0 Å². The first-order chi connectivity index (χ1) is 10.1. The van der Waals surface area contributed by atoms with Crippen molar-refractivity contribution in [3.8, 4) is 0 Å². The van der Waals surface area contributed by atoms with Gasteiger partial charge < -0.3 is 10.3 Å². The molecule has 0 amide bonds. The van der Waals surface area contributed by atoms with Crippen LogP contribution >= 0.6 is 0 Å². The van der Waals surface area contributed by atoms with Gasteiger partial charge in [-0.2, -0.15) is 0 Å². The third-order valence-corrected chi connectivity index (χ3v) is 3.77. The van der Waals surface area contributed by atoms with Crippen LogP contribution in [-0.2, 0) is 0 Å². The number of aromatic nitrogens is 1. The maximum Gasteiger partial charge on any atom is 0.278 e. The van der Waals surface area contributed by atoms with Gasteiger partial charge >= 0.3 is 0 Å². The Morgan fingerprint density at radius 1 is 1.19 bits per heavy atom. The summed E-state index contributed by atoms with van der Waals surface area (Å²) >= 11 is 0. The highest BCUT2D eigenvalue weighted by molar-refractivity contribution is 5.98. The van der Waals surface area contributed by atoms with Crippen LogP contribution in [0.4, 0.5) is 11.4 Å². The molecule has 3 rings (SSSR count). The Labute approximate surface area is 122 Å². The van der Waals surface area contributed by atoms with Crippen molar-refractivity contribution in [1.82, 2.24) is 14.9 Å². The Kier molecular flexibility index (Phi) is 3.68. The summed E-state index contributed by atoms with van der Waals surface area (Å²) < 4.78 is 0. The summed E-state index contributed by atoms with van der Waals surface area (Å²) in [5.74, 6) is 0. The summed E-state index contributed by atoms with van der Waals surface area (Å²) in [6, 6.07) is 5.10. The van der Waals surface area contributed by atoms with Gasteiger partial charge in [0.15, 0.2) is 0 Å². The van der Waals surface area contributed by atoms with E-state index in [1.807, 2.05) is 0 Å². The number of hydrogen-bond donors (Lipinski definition) is 1. The predicted molar refractivity (Wildman–Crippen MR) is 81.1 cm³/mol. The van der Waals surface area contributed by atoms with E-state index in [-0.39, 0.29) is 10.6 Å². The minimum Gasteiger partial charge on any atom is -0.318 e. The van der Waals surface area contributed by atoms with Crippen molar-refractivity contribution in [1.29, 1.82) is 0 Å². The second kappa shape index (κ2) is 5.63. The van der Waals surface area contributed by atoms with Gasteiger partial charge in [0.1, 0.15) is 0 Å². The topological polar surface area (TPSA) is 74.5 Å². The zero-order chi connectivity index (χ0) is 14.8. The van der Waals surface area contributed by atoms with E-state index >= 15 is 0 Å². The van der Waals surface area contributed by atoms with Crippen LogP contribution in [-0.4, -0.2) is 53.0 Å². The average molecular weight is 287 g/mol. The molecule has 21 heavy (non-hydrogen) atoms. The number of hydrazine groups is 1. The molecule has 7 heteroatoms. The number of nitro groups is 1. The first-order valence-corrected chi connectivity index (χ1v) is 6.86. The maximum atomic E-state index is 11.1. The van der Waals surface area contributed by atoms with E-state index < -0.39 is 0 Å². The van der Waals surface area contributed by atoms with Crippen molar-refractivity contribution >= 4 is 22.1 Å². The maximum absolute atomic E-state index is 11.1. The number of anilines is 1. The highest BCUT2D eigenvalue weighted by Gasteiger charge is 2.17. The molecule has 2 aromatic rings. The lowest BCUT2D eigenvalue weighted by Gasteiger charge is -2.33. The number of piperazine rings is 1. The molecule has 1 N–H and O–H groups in total. The third kappa shape index (κ3) is 2.79. The van der Waals surface area contributed by atoms with Crippen LogP contribution in [0.1, 0.15) is 0 Å². The van der Waals surface area contributed by atoms with E-state index in [4.69, 9.17) is 0 Å². The molecule has 110 valence electrons. The number of fused-ring (bicyclic) bond motifs is 1. The standard InChI is InChI=1S/C14H17N5O2/c1-17-6-8-18(9-7-17)16-13-2-3-14(19(20)21)12-10-15-5-4-11(12)13/h2-5,10,16H,6-9H2,1H3. The van der Waals surface area contributed by atoms with E-state index in [0.717, 1.165) is 37.3 Å². The van der Waals surface area contributed by atoms with E-state index in [1.165, 1.54) is 6.07 Å². The predicted octanol–water partition coefficient (Wildman–Crippen LogP) is 1.72. The van der Waals surface area contributed by atoms with E-state index in [1.54, 1.807) is 24.5 Å². The summed E-state index contributed by atoms with van der Waals surface area (Å²) in [5.41, 5.74) is 4.33. The van der Waals surface area contributed by atoms with Crippen LogP contribution in [0.5, 0.6) is 0 Å². The second-order valence-electron chi connectivity index (χ2n) is 5.21. The molecule has 1 fully saturated rings. The van der Waals surface area contributed by atoms with Gasteiger partial charge in [-0.15, -0.1) is 0 Å². The first kappa shape index (κ1) is 13.7. The number of nitrogens with one attached hydrogen (secondary N) is 1. The quantitative estimate of drug-likeness (QED) is 0.684. The largest absolute Gasteiger partial charge is 0.318 e. The van der Waals surface area contributed by atoms with Crippen molar-refractivity contribution in [2.45, 2.75) is 0 Å². The van der Waals surface area contributed by atoms with Crippen LogP contribution in [0.25, 0.3) is 10.8 Å². The van der Waals surface area contributed by atoms with Crippen molar-refractivity contribution < 1.29 is 4.92 Å². The van der Waals surface area contributed by atoms with Crippen LogP contribution in [0.15, 0.2) is 30.6 Å². The zero-order valence-corrected chi connectivity index (χ0v) is 11.8. The number of rotatable bonds is 3. The third-order valence-electron chi connectivity index (χ3n) is 3.77. The van der Waals surface area contributed by atoms with E-state index in [0.29, 0.717) is 5.39 Å². The lowest BCUT2D eigenvalue weighted by atomic mass is 10.1. The molecular formula is C14H17N5O2. The Morgan fingerprint density at radius 3 is 2.67 bits per heavy atom. The molecule has 1 aromatic heterocycles. The van der Waals surface area contributed by atoms with Gasteiger partial charge in [-0.3, -0.25) is 15.1 Å². The van der Waals surface area contributed by atoms with Crippen molar-refractivity contribution in [2.75, 3.05) is 38.7 Å². The molecule has 2 heterocycles. The normalized spacial score (nSPS) is 17.0. The summed E-state index contributed by atoms with van der Waals surface area (Å²) in [7, 11) is 2.10. The first-order valence-electron chi connectivity index (χ1n) is 6.86. The molecule has 1 aliphatic rings. The minimum atomic E-state index is -0.371. The highest BCUT2D eigenvalue weighted by atomic mass is 16.6. The number of nitrogens with zero attached hydrogens (tertiary/aromatic N) is 4. The molecule has 0 radical (unpaired) electrons. The number of hydrogen-bond acceptors (Lipinski definition) is 6. The molecule has 0 aliphatic carbocycles. The van der Waals surface area contributed by atoms with E-state index in [9.17, 15) is 10.1 Å². The SMILES string of the molecule is CN1CCN(Nc2ccc([N+](=O)[O-])c3cnccc23)CC1. The Hall–Kier alpha value is -2.25. The number of likely N-dealkylation sites (N-methyl/N-ethyl adjacent to an activating group) is 1. The van der Waals surface area contributed by atoms with Crippen LogP contribution in [0.2, 0.25) is 0 Å². The van der Waals surface area contributed by atoms with Crippen LogP contribution in [0, 0.1) is 10.1 Å². The van der Waals surface area contributed by atoms with Crippen molar-refractivity contribution in [3.63, 3.8) is 0 Å². The van der Waals surface area contributed by atoms with Crippen LogP contribution in [0.3, 0.4) is 0 Å². The second-order valence-corrected chi connectivity index (χ2v) is 5.21. The summed E-state index contributed by atoms with van der Waals surface area (Å²) in [5, 5.41) is 14.6.